The van der Waals surface area contributed by atoms with Crippen molar-refractivity contribution in [3.05, 3.63) is 0 Å². The predicted octanol–water partition coefficient (Wildman–Crippen LogP) is 1.32. The Morgan fingerprint density at radius 1 is 1.67 bits per heavy atom. The number of carboxylic acids is 1. The molecule has 0 aromatic heterocycles. The van der Waals surface area contributed by atoms with Crippen molar-refractivity contribution in [3.8, 4) is 0 Å². The van der Waals surface area contributed by atoms with Crippen LogP contribution in [-0.4, -0.2) is 27.9 Å². The molecular weight excluding hydrogens is 176 g/mol. The molecule has 1 atom stereocenters. The van der Waals surface area contributed by atoms with Crippen molar-refractivity contribution in [2.75, 3.05) is 5.75 Å². The third-order valence-electron chi connectivity index (χ3n) is 1.88. The van der Waals surface area contributed by atoms with Crippen molar-refractivity contribution in [1.82, 2.24) is 0 Å². The van der Waals surface area contributed by atoms with E-state index in [-0.39, 0.29) is 11.7 Å². The summed E-state index contributed by atoms with van der Waals surface area (Å²) < 4.78 is 0. The Morgan fingerprint density at radius 3 is 2.92 bits per heavy atom. The van der Waals surface area contributed by atoms with Crippen LogP contribution in [0.5, 0.6) is 0 Å². The first-order chi connectivity index (χ1) is 5.70. The first-order valence-corrected chi connectivity index (χ1v) is 5.11. The summed E-state index contributed by atoms with van der Waals surface area (Å²) >= 11 is 1.49. The van der Waals surface area contributed by atoms with Crippen LogP contribution >= 0.6 is 11.8 Å². The summed E-state index contributed by atoms with van der Waals surface area (Å²) in [5, 5.41) is 8.44. The molecular formula is C8H12O3S. The molecule has 0 heterocycles. The minimum absolute atomic E-state index is 0.0874. The number of carboxylic acid groups (broad SMARTS) is 1. The van der Waals surface area contributed by atoms with Crippen LogP contribution in [-0.2, 0) is 9.59 Å². The van der Waals surface area contributed by atoms with Gasteiger partial charge in [0.15, 0.2) is 0 Å². The molecule has 0 aliphatic heterocycles. The zero-order valence-corrected chi connectivity index (χ0v) is 7.60. The molecule has 1 aliphatic carbocycles. The van der Waals surface area contributed by atoms with E-state index in [4.69, 9.17) is 5.11 Å². The van der Waals surface area contributed by atoms with Crippen molar-refractivity contribution in [2.24, 2.45) is 0 Å². The third-order valence-corrected chi connectivity index (χ3v) is 3.22. The largest absolute Gasteiger partial charge is 0.481 e. The maximum absolute atomic E-state index is 11.1. The van der Waals surface area contributed by atoms with Crippen LogP contribution < -0.4 is 0 Å². The van der Waals surface area contributed by atoms with Gasteiger partial charge in [-0.2, -0.15) is 11.8 Å². The molecule has 0 aromatic carbocycles. The molecule has 0 aromatic rings. The van der Waals surface area contributed by atoms with Crippen molar-refractivity contribution >= 4 is 23.5 Å². The fourth-order valence-corrected chi connectivity index (χ4v) is 2.46. The van der Waals surface area contributed by atoms with Gasteiger partial charge in [0.2, 0.25) is 0 Å². The SMILES string of the molecule is O=C(O)CCS[C@@H]1CCCC1=O. The molecule has 1 N–H and O–H groups in total. The topological polar surface area (TPSA) is 54.4 Å². The van der Waals surface area contributed by atoms with Gasteiger partial charge in [-0.25, -0.2) is 0 Å². The number of hydrogen-bond acceptors (Lipinski definition) is 3. The Labute approximate surface area is 75.5 Å². The van der Waals surface area contributed by atoms with E-state index in [9.17, 15) is 9.59 Å². The maximum atomic E-state index is 11.1. The van der Waals surface area contributed by atoms with Crippen molar-refractivity contribution in [3.63, 3.8) is 0 Å². The molecule has 0 saturated heterocycles. The normalized spacial score (nSPS) is 23.0. The third kappa shape index (κ3) is 2.85. The predicted molar refractivity (Wildman–Crippen MR) is 47.4 cm³/mol. The zero-order valence-electron chi connectivity index (χ0n) is 6.78. The fourth-order valence-electron chi connectivity index (χ4n) is 1.25. The van der Waals surface area contributed by atoms with E-state index in [1.54, 1.807) is 0 Å². The Morgan fingerprint density at radius 2 is 2.42 bits per heavy atom. The summed E-state index contributed by atoms with van der Waals surface area (Å²) in [6.07, 6.45) is 2.76. The molecule has 0 unspecified atom stereocenters. The van der Waals surface area contributed by atoms with Gasteiger partial charge in [0, 0.05) is 12.2 Å². The molecule has 1 saturated carbocycles. The quantitative estimate of drug-likeness (QED) is 0.722. The second-order valence-electron chi connectivity index (χ2n) is 2.86. The van der Waals surface area contributed by atoms with Gasteiger partial charge < -0.3 is 5.11 Å². The Bertz CT molecular complexity index is 191. The summed E-state index contributed by atoms with van der Waals surface area (Å²) in [7, 11) is 0. The molecule has 68 valence electrons. The summed E-state index contributed by atoms with van der Waals surface area (Å²) in [4.78, 5) is 21.2. The number of Topliss-reactive ketones (excluding diaryl/α,β-unsaturated/α-hetero) is 1. The van der Waals surface area contributed by atoms with Crippen molar-refractivity contribution < 1.29 is 14.7 Å². The van der Waals surface area contributed by atoms with Gasteiger partial charge in [-0.05, 0) is 12.8 Å². The fraction of sp³-hybridized carbons (Fsp3) is 0.750. The van der Waals surface area contributed by atoms with Crippen LogP contribution in [0.4, 0.5) is 0 Å². The first kappa shape index (κ1) is 9.58. The number of thioether (sulfide) groups is 1. The monoisotopic (exact) mass is 188 g/mol. The highest BCUT2D eigenvalue weighted by molar-refractivity contribution is 8.00. The second-order valence-corrected chi connectivity index (χ2v) is 4.17. The number of hydrogen-bond donors (Lipinski definition) is 1. The molecule has 3 nitrogen and oxygen atoms in total. The van der Waals surface area contributed by atoms with E-state index < -0.39 is 5.97 Å². The van der Waals surface area contributed by atoms with Gasteiger partial charge in [0.1, 0.15) is 5.78 Å². The number of carbonyl (C=O) groups is 2. The summed E-state index contributed by atoms with van der Waals surface area (Å²) in [6, 6.07) is 0. The maximum Gasteiger partial charge on any atom is 0.304 e. The highest BCUT2D eigenvalue weighted by Crippen LogP contribution is 2.26. The van der Waals surface area contributed by atoms with Gasteiger partial charge in [-0.3, -0.25) is 9.59 Å². The number of ketones is 1. The lowest BCUT2D eigenvalue weighted by Gasteiger charge is -2.04. The molecule has 1 rings (SSSR count). The van der Waals surface area contributed by atoms with E-state index in [2.05, 4.69) is 0 Å². The lowest BCUT2D eigenvalue weighted by Crippen LogP contribution is -2.10. The highest BCUT2D eigenvalue weighted by Gasteiger charge is 2.24. The van der Waals surface area contributed by atoms with E-state index in [0.29, 0.717) is 18.0 Å². The average molecular weight is 188 g/mol. The number of carbonyl (C=O) groups excluding carboxylic acids is 1. The molecule has 0 spiro atoms. The van der Waals surface area contributed by atoms with E-state index in [0.717, 1.165) is 12.8 Å². The molecule has 1 aliphatic rings. The van der Waals surface area contributed by atoms with Crippen LogP contribution in [0.3, 0.4) is 0 Å². The van der Waals surface area contributed by atoms with Gasteiger partial charge >= 0.3 is 5.97 Å². The van der Waals surface area contributed by atoms with Gasteiger partial charge in [0.25, 0.3) is 0 Å². The minimum Gasteiger partial charge on any atom is -0.481 e. The Hall–Kier alpha value is -0.510. The molecule has 0 amide bonds. The molecule has 1 fully saturated rings. The lowest BCUT2D eigenvalue weighted by atomic mass is 10.3. The summed E-state index contributed by atoms with van der Waals surface area (Å²) in [5.41, 5.74) is 0. The standard InChI is InChI=1S/C8H12O3S/c9-6-2-1-3-7(6)12-5-4-8(10)11/h7H,1-5H2,(H,10,11)/t7-/m1/s1. The van der Waals surface area contributed by atoms with Gasteiger partial charge in [0.05, 0.1) is 11.7 Å². The molecule has 12 heavy (non-hydrogen) atoms. The van der Waals surface area contributed by atoms with Crippen LogP contribution in [0, 0.1) is 0 Å². The number of aliphatic carboxylic acids is 1. The van der Waals surface area contributed by atoms with E-state index in [1.807, 2.05) is 0 Å². The molecule has 0 radical (unpaired) electrons. The Balaban J connectivity index is 2.14. The van der Waals surface area contributed by atoms with E-state index in [1.165, 1.54) is 11.8 Å². The van der Waals surface area contributed by atoms with Crippen molar-refractivity contribution in [2.45, 2.75) is 30.9 Å². The molecule has 0 bridgehead atoms. The number of rotatable bonds is 4. The van der Waals surface area contributed by atoms with Crippen molar-refractivity contribution in [1.29, 1.82) is 0 Å². The molecule has 4 heteroatoms. The average Bonchev–Trinajstić information content (AvgIpc) is 2.36. The van der Waals surface area contributed by atoms with Crippen LogP contribution in [0.2, 0.25) is 0 Å². The van der Waals surface area contributed by atoms with Crippen LogP contribution in [0.15, 0.2) is 0 Å². The summed E-state index contributed by atoms with van der Waals surface area (Å²) in [5.74, 6) is 0.0736. The first-order valence-electron chi connectivity index (χ1n) is 4.06. The van der Waals surface area contributed by atoms with Crippen LogP contribution in [0.1, 0.15) is 25.7 Å². The Kier molecular flexibility index (Phi) is 3.59. The van der Waals surface area contributed by atoms with E-state index >= 15 is 0 Å². The smallest absolute Gasteiger partial charge is 0.304 e. The zero-order chi connectivity index (χ0) is 8.97. The summed E-state index contributed by atoms with van der Waals surface area (Å²) in [6.45, 7) is 0. The lowest BCUT2D eigenvalue weighted by molar-refractivity contribution is -0.136. The second kappa shape index (κ2) is 4.50. The van der Waals surface area contributed by atoms with Gasteiger partial charge in [-0.15, -0.1) is 0 Å². The highest BCUT2D eigenvalue weighted by atomic mass is 32.2. The minimum atomic E-state index is -0.784. The van der Waals surface area contributed by atoms with Crippen LogP contribution in [0.25, 0.3) is 0 Å². The van der Waals surface area contributed by atoms with Gasteiger partial charge in [-0.1, -0.05) is 0 Å².